The quantitative estimate of drug-likeness (QED) is 0.291. The molecule has 0 radical (unpaired) electrons. The molecule has 2 N–H and O–H groups in total. The zero-order chi connectivity index (χ0) is 29.1. The van der Waals surface area contributed by atoms with Crippen LogP contribution in [0.25, 0.3) is 5.82 Å². The van der Waals surface area contributed by atoms with E-state index in [0.29, 0.717) is 23.2 Å². The fourth-order valence-corrected chi connectivity index (χ4v) is 5.51. The molecule has 1 unspecified atom stereocenters. The number of anilines is 1. The van der Waals surface area contributed by atoms with Gasteiger partial charge in [-0.15, -0.1) is 0 Å². The van der Waals surface area contributed by atoms with Crippen molar-refractivity contribution in [3.8, 4) is 5.82 Å². The van der Waals surface area contributed by atoms with Gasteiger partial charge in [0, 0.05) is 48.7 Å². The lowest BCUT2D eigenvalue weighted by molar-refractivity contribution is -0.138. The summed E-state index contributed by atoms with van der Waals surface area (Å²) in [6.45, 7) is 0.125. The minimum atomic E-state index is -4.45. The first-order valence-corrected chi connectivity index (χ1v) is 14.1. The number of alkyl halides is 3. The highest BCUT2D eigenvalue weighted by Crippen LogP contribution is 2.46. The van der Waals surface area contributed by atoms with Crippen molar-refractivity contribution < 1.29 is 27.9 Å². The van der Waals surface area contributed by atoms with E-state index in [0.717, 1.165) is 67.7 Å². The number of hydrogen-bond acceptors (Lipinski definition) is 5. The Bertz CT molecular complexity index is 1360. The molecule has 2 saturated carbocycles. The van der Waals surface area contributed by atoms with Gasteiger partial charge >= 0.3 is 12.1 Å². The zero-order valence-electron chi connectivity index (χ0n) is 22.9. The average molecular weight is 570 g/mol. The number of halogens is 3. The molecule has 2 heterocycles. The van der Waals surface area contributed by atoms with Gasteiger partial charge in [-0.2, -0.15) is 18.3 Å². The maximum absolute atomic E-state index is 13.1. The number of aliphatic carboxylic acids is 1. The molecular formula is C30H34F3N5O3. The Morgan fingerprint density at radius 1 is 1.07 bits per heavy atom. The van der Waals surface area contributed by atoms with E-state index in [1.807, 2.05) is 18.3 Å². The number of rotatable bonds is 10. The number of nitrogens with zero attached hydrogens (tertiary/aromatic N) is 4. The molecule has 1 amide bonds. The van der Waals surface area contributed by atoms with Gasteiger partial charge in [-0.25, -0.2) is 9.67 Å². The molecule has 2 aliphatic carbocycles. The molecule has 2 aromatic heterocycles. The van der Waals surface area contributed by atoms with Gasteiger partial charge in [-0.05, 0) is 68.0 Å². The summed E-state index contributed by atoms with van der Waals surface area (Å²) in [4.78, 5) is 29.1. The van der Waals surface area contributed by atoms with E-state index in [-0.39, 0.29) is 24.9 Å². The molecule has 0 bridgehead atoms. The summed E-state index contributed by atoms with van der Waals surface area (Å²) in [5.74, 6) is -0.204. The highest BCUT2D eigenvalue weighted by atomic mass is 19.4. The first-order valence-electron chi connectivity index (χ1n) is 14.1. The third-order valence-corrected chi connectivity index (χ3v) is 7.96. The molecule has 1 aromatic carbocycles. The van der Waals surface area contributed by atoms with E-state index in [1.54, 1.807) is 23.9 Å². The lowest BCUT2D eigenvalue weighted by atomic mass is 9.80. The van der Waals surface area contributed by atoms with Crippen LogP contribution in [0.2, 0.25) is 0 Å². The summed E-state index contributed by atoms with van der Waals surface area (Å²) in [5.41, 5.74) is 2.51. The number of carboxylic acids is 1. The van der Waals surface area contributed by atoms with E-state index in [4.69, 9.17) is 10.2 Å². The molecule has 218 valence electrons. The van der Waals surface area contributed by atoms with Gasteiger partial charge in [-0.3, -0.25) is 9.59 Å². The minimum Gasteiger partial charge on any atom is -0.481 e. The highest BCUT2D eigenvalue weighted by molar-refractivity contribution is 5.94. The van der Waals surface area contributed by atoms with Crippen molar-refractivity contribution in [1.82, 2.24) is 19.7 Å². The van der Waals surface area contributed by atoms with Gasteiger partial charge in [0.1, 0.15) is 0 Å². The van der Waals surface area contributed by atoms with Crippen molar-refractivity contribution in [3.63, 3.8) is 0 Å². The minimum absolute atomic E-state index is 0.0612. The van der Waals surface area contributed by atoms with Crippen molar-refractivity contribution in [3.05, 3.63) is 71.2 Å². The van der Waals surface area contributed by atoms with E-state index < -0.39 is 17.7 Å². The van der Waals surface area contributed by atoms with Crippen LogP contribution >= 0.6 is 0 Å². The van der Waals surface area contributed by atoms with Crippen molar-refractivity contribution >= 4 is 17.6 Å². The molecule has 0 spiro atoms. The summed E-state index contributed by atoms with van der Waals surface area (Å²) in [6.07, 6.45) is 5.78. The number of carboxylic acid groups (broad SMARTS) is 1. The molecule has 1 atom stereocenters. The second-order valence-corrected chi connectivity index (χ2v) is 11.1. The fourth-order valence-electron chi connectivity index (χ4n) is 5.51. The molecule has 0 saturated heterocycles. The lowest BCUT2D eigenvalue weighted by Crippen LogP contribution is -2.29. The summed E-state index contributed by atoms with van der Waals surface area (Å²) in [5, 5.41) is 17.4. The number of amides is 1. The van der Waals surface area contributed by atoms with E-state index >= 15 is 0 Å². The third-order valence-electron chi connectivity index (χ3n) is 7.96. The maximum Gasteiger partial charge on any atom is 0.417 e. The number of carbonyl (C=O) groups is 2. The first kappa shape index (κ1) is 28.6. The molecule has 0 aliphatic heterocycles. The summed E-state index contributed by atoms with van der Waals surface area (Å²) in [6, 6.07) is 9.49. The van der Waals surface area contributed by atoms with Gasteiger partial charge in [0.25, 0.3) is 5.91 Å². The molecule has 2 aliphatic rings. The van der Waals surface area contributed by atoms with Crippen LogP contribution in [0.4, 0.5) is 18.9 Å². The Morgan fingerprint density at radius 2 is 1.78 bits per heavy atom. The van der Waals surface area contributed by atoms with Crippen molar-refractivity contribution in [2.45, 2.75) is 69.5 Å². The smallest absolute Gasteiger partial charge is 0.417 e. The summed E-state index contributed by atoms with van der Waals surface area (Å²) < 4.78 is 40.8. The van der Waals surface area contributed by atoms with Gasteiger partial charge in [0.2, 0.25) is 0 Å². The predicted molar refractivity (Wildman–Crippen MR) is 147 cm³/mol. The topological polar surface area (TPSA) is 100 Å². The number of carbonyl (C=O) groups excluding carboxylic acids is 1. The van der Waals surface area contributed by atoms with Crippen LogP contribution in [0.15, 0.2) is 48.8 Å². The van der Waals surface area contributed by atoms with E-state index in [9.17, 15) is 22.8 Å². The van der Waals surface area contributed by atoms with Crippen LogP contribution in [-0.2, 0) is 11.0 Å². The van der Waals surface area contributed by atoms with Crippen molar-refractivity contribution in [2.75, 3.05) is 18.9 Å². The van der Waals surface area contributed by atoms with Crippen molar-refractivity contribution in [2.24, 2.45) is 5.92 Å². The second-order valence-electron chi connectivity index (χ2n) is 11.1. The molecule has 8 nitrogen and oxygen atoms in total. The third kappa shape index (κ3) is 6.89. The normalized spacial score (nSPS) is 16.8. The Balaban J connectivity index is 1.41. The van der Waals surface area contributed by atoms with Crippen LogP contribution in [0.3, 0.4) is 0 Å². The second kappa shape index (κ2) is 11.9. The monoisotopic (exact) mass is 569 g/mol. The van der Waals surface area contributed by atoms with Crippen LogP contribution in [0.5, 0.6) is 0 Å². The number of hydrogen-bond donors (Lipinski definition) is 2. The molecule has 2 fully saturated rings. The van der Waals surface area contributed by atoms with Crippen LogP contribution in [-0.4, -0.2) is 50.2 Å². The Morgan fingerprint density at radius 3 is 2.37 bits per heavy atom. The molecular weight excluding hydrogens is 535 g/mol. The van der Waals surface area contributed by atoms with E-state index in [2.05, 4.69) is 10.3 Å². The predicted octanol–water partition coefficient (Wildman–Crippen LogP) is 6.44. The van der Waals surface area contributed by atoms with Gasteiger partial charge in [0.15, 0.2) is 5.82 Å². The van der Waals surface area contributed by atoms with Gasteiger partial charge < -0.3 is 15.3 Å². The van der Waals surface area contributed by atoms with Crippen LogP contribution in [0.1, 0.15) is 90.5 Å². The molecule has 11 heteroatoms. The largest absolute Gasteiger partial charge is 0.481 e. The lowest BCUT2D eigenvalue weighted by Gasteiger charge is -2.32. The number of benzene rings is 1. The zero-order valence-corrected chi connectivity index (χ0v) is 22.9. The summed E-state index contributed by atoms with van der Waals surface area (Å²) >= 11 is 0. The Kier molecular flexibility index (Phi) is 8.32. The Labute approximate surface area is 236 Å². The summed E-state index contributed by atoms with van der Waals surface area (Å²) in [7, 11) is 1.58. The average Bonchev–Trinajstić information content (AvgIpc) is 3.72. The first-order chi connectivity index (χ1) is 19.6. The number of pyridine rings is 1. The molecule has 3 aromatic rings. The molecule has 5 rings (SSSR count). The SMILES string of the molecule is CN(CCC(=O)O)C(=O)c1ccc(NC(c2cn(-c3ccc(C(F)(F)F)cn3)nc2C2CC2)C2CCCCC2)cc1. The maximum atomic E-state index is 13.1. The van der Waals surface area contributed by atoms with Crippen molar-refractivity contribution in [1.29, 1.82) is 0 Å². The van der Waals surface area contributed by atoms with Crippen LogP contribution in [0, 0.1) is 5.92 Å². The number of nitrogens with one attached hydrogen (secondary N) is 1. The standard InChI is InChI=1S/C30H34F3N5O3/c1-37(16-15-26(39)40)29(41)21-9-12-23(13-10-21)35-27(19-5-3-2-4-6-19)24-18-38(36-28(24)20-7-8-20)25-14-11-22(17-34-25)30(31,32)33/h9-14,17-20,27,35H,2-8,15-16H2,1H3,(H,39,40). The highest BCUT2D eigenvalue weighted by Gasteiger charge is 2.36. The van der Waals surface area contributed by atoms with Gasteiger partial charge in [-0.1, -0.05) is 19.3 Å². The van der Waals surface area contributed by atoms with E-state index in [1.165, 1.54) is 17.4 Å². The van der Waals surface area contributed by atoms with Gasteiger partial charge in [0.05, 0.1) is 23.7 Å². The number of aromatic nitrogens is 3. The Hall–Kier alpha value is -3.89. The van der Waals surface area contributed by atoms with Crippen LogP contribution < -0.4 is 5.32 Å². The molecule has 41 heavy (non-hydrogen) atoms. The fraction of sp³-hybridized carbons (Fsp3) is 0.467.